The zero-order valence-corrected chi connectivity index (χ0v) is 20.0. The lowest BCUT2D eigenvalue weighted by Gasteiger charge is -2.20. The van der Waals surface area contributed by atoms with Gasteiger partial charge in [-0.05, 0) is 44.0 Å². The number of carbonyl (C=O) groups is 1. The maximum Gasteiger partial charge on any atom is 0.252 e. The summed E-state index contributed by atoms with van der Waals surface area (Å²) in [7, 11) is -3.70. The zero-order valence-electron chi connectivity index (χ0n) is 19.2. The Hall–Kier alpha value is -3.17. The van der Waals surface area contributed by atoms with Gasteiger partial charge in [-0.1, -0.05) is 31.0 Å². The minimum absolute atomic E-state index is 0.115. The third-order valence-corrected chi connectivity index (χ3v) is 7.87. The average Bonchev–Trinajstić information content (AvgIpc) is 3.13. The maximum atomic E-state index is 13.3. The van der Waals surface area contributed by atoms with Crippen molar-refractivity contribution in [1.29, 1.82) is 0 Å². The SMILES string of the molecule is CCOc1ccccc1CNC(=O)c1cc(=O)[nH]c2ccc(S(=O)(=O)N3CCCCCC3)cc12. The number of aromatic nitrogens is 1. The summed E-state index contributed by atoms with van der Waals surface area (Å²) < 4.78 is 33.7. The van der Waals surface area contributed by atoms with Crippen LogP contribution in [0.15, 0.2) is 58.2 Å². The molecular formula is C25H29N3O5S. The van der Waals surface area contributed by atoms with Crippen molar-refractivity contribution in [3.8, 4) is 5.75 Å². The summed E-state index contributed by atoms with van der Waals surface area (Å²) in [6, 6.07) is 13.1. The molecule has 1 aliphatic rings. The Morgan fingerprint density at radius 2 is 1.79 bits per heavy atom. The topological polar surface area (TPSA) is 109 Å². The number of ether oxygens (including phenoxy) is 1. The lowest BCUT2D eigenvalue weighted by molar-refractivity contribution is 0.0952. The van der Waals surface area contributed by atoms with Crippen LogP contribution in [0.4, 0.5) is 0 Å². The van der Waals surface area contributed by atoms with Crippen molar-refractivity contribution < 1.29 is 17.9 Å². The van der Waals surface area contributed by atoms with Gasteiger partial charge in [-0.2, -0.15) is 4.31 Å². The number of aromatic amines is 1. The van der Waals surface area contributed by atoms with E-state index in [1.54, 1.807) is 6.07 Å². The molecule has 4 rings (SSSR count). The number of nitrogens with one attached hydrogen (secondary N) is 2. The Bertz CT molecular complexity index is 1340. The van der Waals surface area contributed by atoms with Crippen molar-refractivity contribution in [3.05, 3.63) is 70.0 Å². The molecule has 0 spiro atoms. The van der Waals surface area contributed by atoms with Gasteiger partial charge in [-0.25, -0.2) is 8.42 Å². The minimum Gasteiger partial charge on any atom is -0.494 e. The summed E-state index contributed by atoms with van der Waals surface area (Å²) in [6.07, 6.45) is 3.69. The summed E-state index contributed by atoms with van der Waals surface area (Å²) in [5.41, 5.74) is 0.898. The quantitative estimate of drug-likeness (QED) is 0.535. The van der Waals surface area contributed by atoms with Crippen LogP contribution in [-0.4, -0.2) is 43.3 Å². The second-order valence-corrected chi connectivity index (χ2v) is 10.2. The number of carbonyl (C=O) groups excluding carboxylic acids is 1. The van der Waals surface area contributed by atoms with E-state index in [9.17, 15) is 18.0 Å². The predicted octanol–water partition coefficient (Wildman–Crippen LogP) is 3.42. The number of hydrogen-bond acceptors (Lipinski definition) is 5. The first-order chi connectivity index (χ1) is 16.4. The van der Waals surface area contributed by atoms with Gasteiger partial charge in [0, 0.05) is 42.2 Å². The van der Waals surface area contributed by atoms with Gasteiger partial charge in [0.05, 0.1) is 17.1 Å². The van der Waals surface area contributed by atoms with Crippen LogP contribution in [0.1, 0.15) is 48.5 Å². The van der Waals surface area contributed by atoms with Crippen molar-refractivity contribution in [2.75, 3.05) is 19.7 Å². The highest BCUT2D eigenvalue weighted by molar-refractivity contribution is 7.89. The van der Waals surface area contributed by atoms with E-state index in [-0.39, 0.29) is 17.0 Å². The van der Waals surface area contributed by atoms with Crippen molar-refractivity contribution in [3.63, 3.8) is 0 Å². The van der Waals surface area contributed by atoms with Crippen LogP contribution in [0.2, 0.25) is 0 Å². The van der Waals surface area contributed by atoms with E-state index < -0.39 is 21.5 Å². The number of amides is 1. The Morgan fingerprint density at radius 3 is 2.53 bits per heavy atom. The second-order valence-electron chi connectivity index (χ2n) is 8.30. The van der Waals surface area contributed by atoms with Crippen LogP contribution >= 0.6 is 0 Å². The van der Waals surface area contributed by atoms with Crippen molar-refractivity contribution in [1.82, 2.24) is 14.6 Å². The smallest absolute Gasteiger partial charge is 0.252 e. The molecule has 9 heteroatoms. The first kappa shape index (κ1) is 24.0. The lowest BCUT2D eigenvalue weighted by Crippen LogP contribution is -2.32. The molecule has 8 nitrogen and oxygen atoms in total. The second kappa shape index (κ2) is 10.4. The van der Waals surface area contributed by atoms with Gasteiger partial charge in [0.15, 0.2) is 0 Å². The molecule has 1 amide bonds. The number of pyridine rings is 1. The molecule has 1 fully saturated rings. The Morgan fingerprint density at radius 1 is 1.06 bits per heavy atom. The molecule has 1 aliphatic heterocycles. The Kier molecular flexibility index (Phi) is 7.33. The van der Waals surface area contributed by atoms with E-state index in [2.05, 4.69) is 10.3 Å². The van der Waals surface area contributed by atoms with E-state index in [1.807, 2.05) is 31.2 Å². The van der Waals surface area contributed by atoms with Crippen molar-refractivity contribution in [2.45, 2.75) is 44.0 Å². The standard InChI is InChI=1S/C25H29N3O5S/c1-2-33-23-10-6-5-9-18(23)17-26-25(30)21-16-24(29)27-22-12-11-19(15-20(21)22)34(31,32)28-13-7-3-4-8-14-28/h5-6,9-12,15-16H,2-4,7-8,13-14,17H2,1H3,(H,26,30)(H,27,29). The molecule has 34 heavy (non-hydrogen) atoms. The van der Waals surface area contributed by atoms with Gasteiger partial charge in [0.25, 0.3) is 5.91 Å². The van der Waals surface area contributed by atoms with Crippen molar-refractivity contribution >= 4 is 26.8 Å². The summed E-state index contributed by atoms with van der Waals surface area (Å²) in [4.78, 5) is 28.1. The summed E-state index contributed by atoms with van der Waals surface area (Å²) >= 11 is 0. The monoisotopic (exact) mass is 483 g/mol. The predicted molar refractivity (Wildman–Crippen MR) is 131 cm³/mol. The van der Waals surface area contributed by atoms with Gasteiger partial charge >= 0.3 is 0 Å². The summed E-state index contributed by atoms with van der Waals surface area (Å²) in [5, 5.41) is 3.21. The summed E-state index contributed by atoms with van der Waals surface area (Å²) in [5.74, 6) is 0.207. The number of para-hydroxylation sites is 1. The molecular weight excluding hydrogens is 454 g/mol. The van der Waals surface area contributed by atoms with Crippen LogP contribution in [0.25, 0.3) is 10.9 Å². The molecule has 3 aromatic rings. The highest BCUT2D eigenvalue weighted by Gasteiger charge is 2.26. The lowest BCUT2D eigenvalue weighted by atomic mass is 10.1. The Labute approximate surface area is 199 Å². The number of nitrogens with zero attached hydrogens (tertiary/aromatic N) is 1. The Balaban J connectivity index is 1.66. The van der Waals surface area contributed by atoms with Crippen LogP contribution in [0.3, 0.4) is 0 Å². The molecule has 2 aromatic carbocycles. The van der Waals surface area contributed by atoms with Crippen molar-refractivity contribution in [2.24, 2.45) is 0 Å². The maximum absolute atomic E-state index is 13.3. The molecule has 0 atom stereocenters. The molecule has 1 saturated heterocycles. The molecule has 0 radical (unpaired) electrons. The van der Waals surface area contributed by atoms with Gasteiger partial charge in [0.2, 0.25) is 15.6 Å². The number of fused-ring (bicyclic) bond motifs is 1. The number of hydrogen-bond donors (Lipinski definition) is 2. The summed E-state index contributed by atoms with van der Waals surface area (Å²) in [6.45, 7) is 3.55. The zero-order chi connectivity index (χ0) is 24.1. The average molecular weight is 484 g/mol. The van der Waals surface area contributed by atoms with Gasteiger partial charge in [0.1, 0.15) is 5.75 Å². The molecule has 0 bridgehead atoms. The first-order valence-electron chi connectivity index (χ1n) is 11.6. The molecule has 1 aromatic heterocycles. The van der Waals surface area contributed by atoms with Gasteiger partial charge in [-0.3, -0.25) is 9.59 Å². The largest absolute Gasteiger partial charge is 0.494 e. The molecule has 0 unspecified atom stereocenters. The number of H-pyrrole nitrogens is 1. The highest BCUT2D eigenvalue weighted by atomic mass is 32.2. The molecule has 2 N–H and O–H groups in total. The fraction of sp³-hybridized carbons (Fsp3) is 0.360. The normalized spacial score (nSPS) is 15.1. The number of sulfonamides is 1. The first-order valence-corrected chi connectivity index (χ1v) is 13.0. The minimum atomic E-state index is -3.70. The van der Waals surface area contributed by atoms with Gasteiger partial charge < -0.3 is 15.0 Å². The van der Waals surface area contributed by atoms with E-state index in [1.165, 1.54) is 22.5 Å². The number of benzene rings is 2. The molecule has 180 valence electrons. The van der Waals surface area contributed by atoms with E-state index >= 15 is 0 Å². The van der Waals surface area contributed by atoms with Crippen LogP contribution in [0.5, 0.6) is 5.75 Å². The third-order valence-electron chi connectivity index (χ3n) is 5.97. The van der Waals surface area contributed by atoms with Crippen LogP contribution in [0, 0.1) is 0 Å². The van der Waals surface area contributed by atoms with E-state index in [0.717, 1.165) is 31.2 Å². The van der Waals surface area contributed by atoms with Gasteiger partial charge in [-0.15, -0.1) is 0 Å². The van der Waals surface area contributed by atoms with E-state index in [0.29, 0.717) is 36.3 Å². The van der Waals surface area contributed by atoms with Crippen LogP contribution < -0.4 is 15.6 Å². The number of rotatable bonds is 7. The highest BCUT2D eigenvalue weighted by Crippen LogP contribution is 2.25. The fourth-order valence-corrected chi connectivity index (χ4v) is 5.77. The van der Waals surface area contributed by atoms with E-state index in [4.69, 9.17) is 4.74 Å². The fourth-order valence-electron chi connectivity index (χ4n) is 4.23. The third kappa shape index (κ3) is 5.15. The molecule has 0 saturated carbocycles. The van der Waals surface area contributed by atoms with Crippen LogP contribution in [-0.2, 0) is 16.6 Å². The molecule has 0 aliphatic carbocycles. The molecule has 2 heterocycles.